The highest BCUT2D eigenvalue weighted by atomic mass is 32.2. The predicted molar refractivity (Wildman–Crippen MR) is 286 cm³/mol. The molecular formula is C46H47O10S12. The summed E-state index contributed by atoms with van der Waals surface area (Å²) in [7, 11) is 0. The van der Waals surface area contributed by atoms with Crippen LogP contribution in [0.2, 0.25) is 0 Å². The Morgan fingerprint density at radius 3 is 0.765 bits per heavy atom. The number of ether oxygens (including phenoxy) is 4. The van der Waals surface area contributed by atoms with Crippen LogP contribution < -0.4 is 0 Å². The summed E-state index contributed by atoms with van der Waals surface area (Å²) in [4.78, 5) is 57.0. The number of hydrogen-bond acceptors (Lipinski definition) is 21. The summed E-state index contributed by atoms with van der Waals surface area (Å²) in [6, 6.07) is 0. The lowest BCUT2D eigenvalue weighted by Gasteiger charge is -2.31. The average molecular weight is 1180 g/mol. The Kier molecular flexibility index (Phi) is 6.29. The summed E-state index contributed by atoms with van der Waals surface area (Å²) in [5.74, 6) is -9.42. The van der Waals surface area contributed by atoms with Crippen molar-refractivity contribution in [2.45, 2.75) is 179 Å². The average Bonchev–Trinajstić information content (AvgIpc) is 1.51. The van der Waals surface area contributed by atoms with E-state index in [4.69, 9.17) is 68.3 Å². The fourth-order valence-corrected chi connectivity index (χ4v) is 22.3. The zero-order chi connectivity index (χ0) is 79.6. The van der Waals surface area contributed by atoms with Crippen LogP contribution in [0, 0.1) is 5.92 Å². The molecule has 6 aliphatic rings. The highest BCUT2D eigenvalue weighted by Gasteiger charge is 2.54. The van der Waals surface area contributed by atoms with Crippen LogP contribution in [0.1, 0.15) is 193 Å². The molecule has 0 bridgehead atoms. The van der Waals surface area contributed by atoms with E-state index in [1.165, 1.54) is 0 Å². The Balaban J connectivity index is 1.74. The van der Waals surface area contributed by atoms with Gasteiger partial charge in [0.05, 0.1) is 47.1 Å². The van der Waals surface area contributed by atoms with Gasteiger partial charge in [-0.15, -0.1) is 141 Å². The van der Waals surface area contributed by atoms with E-state index in [9.17, 15) is 19.5 Å². The molecule has 0 aromatic heterocycles. The lowest BCUT2D eigenvalue weighted by atomic mass is 9.83. The molecule has 3 aromatic rings. The van der Waals surface area contributed by atoms with Gasteiger partial charge in [-0.25, -0.2) is 14.4 Å². The summed E-state index contributed by atoms with van der Waals surface area (Å²) < 4.78 is 326. The van der Waals surface area contributed by atoms with Crippen LogP contribution in [0.4, 0.5) is 0 Å². The van der Waals surface area contributed by atoms with Crippen molar-refractivity contribution in [3.8, 4) is 0 Å². The number of carbonyl (C=O) groups excluding carboxylic acids is 4. The number of rotatable bonds is 10. The molecule has 1 radical (unpaired) electrons. The van der Waals surface area contributed by atoms with E-state index < -0.39 is 248 Å². The fourth-order valence-electron chi connectivity index (χ4n) is 7.10. The summed E-state index contributed by atoms with van der Waals surface area (Å²) in [5, 5.41) is 11.6. The smallest absolute Gasteiger partial charge is 0.343 e. The van der Waals surface area contributed by atoms with Gasteiger partial charge in [0.1, 0.15) is 0 Å². The molecule has 6 aliphatic heterocycles. The largest absolute Gasteiger partial charge is 0.478 e. The standard InChI is InChI=1S/C46H47O10S12/c1-17(47)53-15-55-39(51)24-34-28(59-43(7,8)65-34)21(29-35(24)66-44(9,10)60-29)19(20-26-32(63-41(3,4)57-26)23(38(49)50)33-27(20)58-42(5,6)64-33)22-30-36(67-45(11,12)61-30)25(40(52)56-16-54-18(2)48)37-31(22)62-46(13,14)68-37/h15-16H2,1-14H3,(H,49,50)/i3D3,4D3,5D3,6D3,7D3,8D3,9D3,10D3,11D3,12D3,13D3,14D3. The molecule has 0 fully saturated rings. The lowest BCUT2D eigenvalue weighted by Crippen LogP contribution is -2.18. The molecule has 363 valence electrons. The molecule has 3 aromatic carbocycles. The zero-order valence-corrected chi connectivity index (χ0v) is 43.2. The topological polar surface area (TPSA) is 142 Å². The number of hydrogen-bond donors (Lipinski definition) is 1. The van der Waals surface area contributed by atoms with E-state index in [0.29, 0.717) is 0 Å². The molecule has 0 atom stereocenters. The third kappa shape index (κ3) is 9.62. The maximum absolute atomic E-state index is 15.3. The first-order chi connectivity index (χ1) is 46.4. The molecular weight excluding hydrogens is 1100 g/mol. The minimum absolute atomic E-state index is 0.250. The van der Waals surface area contributed by atoms with Crippen LogP contribution >= 0.6 is 141 Å². The molecule has 22 heteroatoms. The van der Waals surface area contributed by atoms with Crippen LogP contribution in [-0.2, 0) is 28.5 Å². The predicted octanol–water partition coefficient (Wildman–Crippen LogP) is 15.4. The molecule has 6 heterocycles. The van der Waals surface area contributed by atoms with Gasteiger partial charge in [0.2, 0.25) is 13.6 Å². The number of benzene rings is 3. The van der Waals surface area contributed by atoms with Gasteiger partial charge in [-0.2, -0.15) is 0 Å². The van der Waals surface area contributed by atoms with E-state index >= 15 is 9.59 Å². The number of carboxylic acid groups (broad SMARTS) is 1. The third-order valence-electron chi connectivity index (χ3n) is 9.19. The van der Waals surface area contributed by atoms with Crippen molar-refractivity contribution >= 4 is 171 Å². The quantitative estimate of drug-likeness (QED) is 0.117. The first kappa shape index (κ1) is 23.8. The van der Waals surface area contributed by atoms with E-state index in [-0.39, 0.29) is 141 Å². The van der Waals surface area contributed by atoms with Crippen LogP contribution in [-0.4, -0.2) is 73.0 Å². The second-order valence-corrected chi connectivity index (χ2v) is 30.4. The van der Waals surface area contributed by atoms with E-state index in [1.807, 2.05) is 0 Å². The van der Waals surface area contributed by atoms with Crippen molar-refractivity contribution in [1.82, 2.24) is 0 Å². The number of esters is 4. The highest BCUT2D eigenvalue weighted by Crippen LogP contribution is 2.74. The molecule has 0 spiro atoms. The van der Waals surface area contributed by atoms with Crippen molar-refractivity contribution in [2.75, 3.05) is 13.6 Å². The number of fused-ring (bicyclic) bond motifs is 6. The SMILES string of the molecule is [2H]C([2H])([2H])C1(C([2H])([2H])[2H])Sc2c(c(C(=O)O)c3c(c2[C](c2c4c(c(C(=O)OCOC(C)=O)c5c2SC(C([2H])([2H])[2H])(C([2H])([2H])[2H])S5)SC(C([2H])([2H])[2H])(C([2H])([2H])[2H])S4)c2c4c(c(C(=O)OCOC(C)=O)c5c2SC(C([2H])([2H])[2H])(C([2H])([2H])[2H])S5)SC(C([2H])([2H])[2H])(C([2H])([2H])[2H])S4)SC(C([2H])([2H])[2H])(C([2H])([2H])[2H])S3)S1. The second-order valence-electron chi connectivity index (χ2n) is 14.2. The monoisotopic (exact) mass is 1180 g/mol. The summed E-state index contributed by atoms with van der Waals surface area (Å²) in [6.07, 6.45) is 0. The molecule has 1 N–H and O–H groups in total. The van der Waals surface area contributed by atoms with Crippen LogP contribution in [0.5, 0.6) is 0 Å². The Labute approximate surface area is 498 Å². The van der Waals surface area contributed by atoms with E-state index in [0.717, 1.165) is 13.8 Å². The summed E-state index contributed by atoms with van der Waals surface area (Å²) >= 11 is -3.24. The molecule has 68 heavy (non-hydrogen) atoms. The molecule has 0 saturated carbocycles. The van der Waals surface area contributed by atoms with Gasteiger partial charge in [-0.3, -0.25) is 9.59 Å². The summed E-state index contributed by atoms with van der Waals surface area (Å²) in [6.45, 7) is -48.5. The maximum Gasteiger partial charge on any atom is 0.343 e. The Bertz CT molecular complexity index is 3670. The van der Waals surface area contributed by atoms with Gasteiger partial charge in [0, 0.05) is 122 Å². The third-order valence-corrected chi connectivity index (χ3v) is 23.8. The van der Waals surface area contributed by atoms with Crippen LogP contribution in [0.3, 0.4) is 0 Å². The molecule has 0 unspecified atom stereocenters. The molecule has 10 nitrogen and oxygen atoms in total. The van der Waals surface area contributed by atoms with Gasteiger partial charge in [0.15, 0.2) is 0 Å². The summed E-state index contributed by atoms with van der Waals surface area (Å²) in [5.41, 5.74) is -7.08. The molecule has 9 rings (SSSR count). The van der Waals surface area contributed by atoms with Crippen molar-refractivity contribution in [3.05, 3.63) is 39.3 Å². The number of carboxylic acids is 1. The first-order valence-electron chi connectivity index (χ1n) is 36.1. The maximum atomic E-state index is 15.3. The van der Waals surface area contributed by atoms with Crippen molar-refractivity contribution in [2.24, 2.45) is 0 Å². The molecule has 0 aliphatic carbocycles. The van der Waals surface area contributed by atoms with Gasteiger partial charge < -0.3 is 24.1 Å². The molecule has 0 amide bonds. The van der Waals surface area contributed by atoms with Crippen LogP contribution in [0.25, 0.3) is 0 Å². The minimum atomic E-state index is -3.95. The lowest BCUT2D eigenvalue weighted by molar-refractivity contribution is -0.150. The Hall–Kier alpha value is -0.790. The minimum Gasteiger partial charge on any atom is -0.478 e. The van der Waals surface area contributed by atoms with Gasteiger partial charge >= 0.3 is 29.8 Å². The van der Waals surface area contributed by atoms with E-state index in [1.54, 1.807) is 0 Å². The number of aromatic carboxylic acids is 1. The van der Waals surface area contributed by atoms with Crippen molar-refractivity contribution in [1.29, 1.82) is 0 Å². The first-order valence-corrected chi connectivity index (χ1v) is 27.9. The number of carbonyl (C=O) groups is 5. The van der Waals surface area contributed by atoms with E-state index in [2.05, 4.69) is 0 Å². The zero-order valence-electron chi connectivity index (χ0n) is 69.4. The Morgan fingerprint density at radius 1 is 0.368 bits per heavy atom. The highest BCUT2D eigenvalue weighted by molar-refractivity contribution is 8.23. The number of thioether (sulfide) groups is 12. The molecule has 0 saturated heterocycles. The normalized spacial score (nSPS) is 30.9. The van der Waals surface area contributed by atoms with Gasteiger partial charge in [-0.1, -0.05) is 0 Å². The van der Waals surface area contributed by atoms with Gasteiger partial charge in [0.25, 0.3) is 0 Å². The van der Waals surface area contributed by atoms with Gasteiger partial charge in [-0.05, 0) is 98.9 Å². The fraction of sp³-hybridized carbons (Fsp3) is 0.478. The Morgan fingerprint density at radius 2 is 0.574 bits per heavy atom. The second kappa shape index (κ2) is 18.0. The van der Waals surface area contributed by atoms with Crippen molar-refractivity contribution < 1.29 is 97.4 Å². The van der Waals surface area contributed by atoms with Crippen LogP contribution in [0.15, 0.2) is 58.7 Å². The van der Waals surface area contributed by atoms with Crippen molar-refractivity contribution in [3.63, 3.8) is 0 Å².